The molecular formula is C13H12BClN2O4. The molecule has 8 heteroatoms. The van der Waals surface area contributed by atoms with Gasteiger partial charge in [0, 0.05) is 28.4 Å². The summed E-state index contributed by atoms with van der Waals surface area (Å²) in [6.07, 6.45) is 3.52. The molecule has 0 bridgehead atoms. The largest absolute Gasteiger partial charge is 0.638 e. The molecule has 1 aliphatic heterocycles. The van der Waals surface area contributed by atoms with Gasteiger partial charge < -0.3 is 13.7 Å². The van der Waals surface area contributed by atoms with Crippen molar-refractivity contribution in [3.05, 3.63) is 35.6 Å². The average Bonchev–Trinajstić information content (AvgIpc) is 2.78. The molecular weight excluding hydrogens is 294 g/mol. The maximum atomic E-state index is 11.7. The van der Waals surface area contributed by atoms with Gasteiger partial charge in [0.2, 0.25) is 0 Å². The van der Waals surface area contributed by atoms with Gasteiger partial charge in [-0.25, -0.2) is 0 Å². The summed E-state index contributed by atoms with van der Waals surface area (Å²) in [6, 6.07) is 5.28. The first kappa shape index (κ1) is 14.0. The quantitative estimate of drug-likeness (QED) is 0.710. The summed E-state index contributed by atoms with van der Waals surface area (Å²) in [5.41, 5.74) is 1.41. The van der Waals surface area contributed by atoms with Gasteiger partial charge in [-0.05, 0) is 25.2 Å². The van der Waals surface area contributed by atoms with Crippen LogP contribution in [-0.2, 0) is 18.9 Å². The molecule has 6 nitrogen and oxygen atoms in total. The summed E-state index contributed by atoms with van der Waals surface area (Å²) in [4.78, 5) is 25.0. The summed E-state index contributed by atoms with van der Waals surface area (Å²) >= 11 is 5.93. The van der Waals surface area contributed by atoms with Gasteiger partial charge in [-0.3, -0.25) is 14.5 Å². The number of nitrogens with zero attached hydrogens (tertiary/aromatic N) is 2. The van der Waals surface area contributed by atoms with Gasteiger partial charge in [0.1, 0.15) is 0 Å². The molecule has 0 unspecified atom stereocenters. The van der Waals surface area contributed by atoms with Crippen LogP contribution >= 0.6 is 11.6 Å². The Bertz CT molecular complexity index is 697. The molecule has 108 valence electrons. The summed E-state index contributed by atoms with van der Waals surface area (Å²) in [5, 5.41) is 0.598. The third kappa shape index (κ3) is 3.04. The molecule has 2 aromatic rings. The molecule has 0 radical (unpaired) electrons. The summed E-state index contributed by atoms with van der Waals surface area (Å²) in [6.45, 7) is 0.0929. The van der Waals surface area contributed by atoms with E-state index in [0.29, 0.717) is 10.5 Å². The van der Waals surface area contributed by atoms with Crippen LogP contribution in [0.5, 0.6) is 0 Å². The van der Waals surface area contributed by atoms with E-state index >= 15 is 0 Å². The van der Waals surface area contributed by atoms with Gasteiger partial charge in [-0.2, -0.15) is 0 Å². The normalized spacial score (nSPS) is 17.3. The third-order valence-electron chi connectivity index (χ3n) is 3.13. The first-order chi connectivity index (χ1) is 10.0. The van der Waals surface area contributed by atoms with Crippen molar-refractivity contribution in [2.75, 3.05) is 20.1 Å². The minimum atomic E-state index is -1.03. The van der Waals surface area contributed by atoms with E-state index in [0.717, 1.165) is 5.52 Å². The summed E-state index contributed by atoms with van der Waals surface area (Å²) < 4.78 is 12.2. The second-order valence-electron chi connectivity index (χ2n) is 4.93. The predicted octanol–water partition coefficient (Wildman–Crippen LogP) is 0.320. The van der Waals surface area contributed by atoms with Crippen LogP contribution in [-0.4, -0.2) is 48.5 Å². The van der Waals surface area contributed by atoms with E-state index in [1.54, 1.807) is 37.6 Å². The zero-order valence-electron chi connectivity index (χ0n) is 11.3. The lowest BCUT2D eigenvalue weighted by atomic mass is 9.80. The lowest BCUT2D eigenvalue weighted by molar-refractivity contribution is -0.145. The van der Waals surface area contributed by atoms with Crippen molar-refractivity contribution in [1.82, 2.24) is 9.30 Å². The fraction of sp³-hybridized carbons (Fsp3) is 0.231. The Morgan fingerprint density at radius 3 is 2.52 bits per heavy atom. The molecule has 0 aliphatic carbocycles. The molecule has 3 rings (SSSR count). The first-order valence-electron chi connectivity index (χ1n) is 6.36. The minimum Gasteiger partial charge on any atom is -0.494 e. The SMILES string of the molecule is CN1CC(=O)OB(c2cc3cc(Cl)ccn3c2)OC(=O)C1. The van der Waals surface area contributed by atoms with Crippen LogP contribution < -0.4 is 5.46 Å². The van der Waals surface area contributed by atoms with Crippen LogP contribution in [0.25, 0.3) is 5.52 Å². The van der Waals surface area contributed by atoms with Crippen molar-refractivity contribution in [2.45, 2.75) is 0 Å². The highest BCUT2D eigenvalue weighted by Gasteiger charge is 2.34. The molecule has 0 aromatic carbocycles. The van der Waals surface area contributed by atoms with Crippen LogP contribution in [0.2, 0.25) is 5.02 Å². The van der Waals surface area contributed by atoms with E-state index in [1.165, 1.54) is 4.90 Å². The molecule has 0 amide bonds. The van der Waals surface area contributed by atoms with Gasteiger partial charge in [0.15, 0.2) is 0 Å². The highest BCUT2D eigenvalue weighted by Crippen LogP contribution is 2.13. The lowest BCUT2D eigenvalue weighted by Crippen LogP contribution is -2.47. The molecule has 1 fully saturated rings. The van der Waals surface area contributed by atoms with Gasteiger partial charge in [0.05, 0.1) is 13.1 Å². The number of pyridine rings is 1. The predicted molar refractivity (Wildman–Crippen MR) is 77.5 cm³/mol. The lowest BCUT2D eigenvalue weighted by Gasteiger charge is -2.21. The fourth-order valence-electron chi connectivity index (χ4n) is 2.20. The molecule has 0 N–H and O–H groups in total. The standard InChI is InChI=1S/C13H12BClN2O4/c1-16-7-12(18)20-14(21-13(19)8-16)9-4-11-5-10(15)2-3-17(11)6-9/h2-6H,7-8H2,1H3. The van der Waals surface area contributed by atoms with Crippen LogP contribution in [0.3, 0.4) is 0 Å². The number of hydrogen-bond donors (Lipinski definition) is 0. The molecule has 0 spiro atoms. The molecule has 3 heterocycles. The van der Waals surface area contributed by atoms with E-state index in [1.807, 2.05) is 4.40 Å². The molecule has 1 aliphatic rings. The highest BCUT2D eigenvalue weighted by molar-refractivity contribution is 6.64. The fourth-order valence-corrected chi connectivity index (χ4v) is 2.37. The Hall–Kier alpha value is -1.99. The highest BCUT2D eigenvalue weighted by atomic mass is 35.5. The molecule has 21 heavy (non-hydrogen) atoms. The van der Waals surface area contributed by atoms with E-state index in [-0.39, 0.29) is 13.1 Å². The van der Waals surface area contributed by atoms with E-state index in [2.05, 4.69) is 0 Å². The van der Waals surface area contributed by atoms with Crippen LogP contribution in [0, 0.1) is 0 Å². The number of halogens is 1. The average molecular weight is 307 g/mol. The Labute approximate surface area is 126 Å². The number of hydrogen-bond acceptors (Lipinski definition) is 5. The van der Waals surface area contributed by atoms with Crippen molar-refractivity contribution in [3.63, 3.8) is 0 Å². The Morgan fingerprint density at radius 2 is 1.86 bits per heavy atom. The zero-order chi connectivity index (χ0) is 15.0. The zero-order valence-corrected chi connectivity index (χ0v) is 12.0. The van der Waals surface area contributed by atoms with E-state index in [4.69, 9.17) is 20.9 Å². The van der Waals surface area contributed by atoms with E-state index in [9.17, 15) is 9.59 Å². The third-order valence-corrected chi connectivity index (χ3v) is 3.36. The summed E-state index contributed by atoms with van der Waals surface area (Å²) in [5.74, 6) is -0.883. The second kappa shape index (κ2) is 5.42. The van der Waals surface area contributed by atoms with Crippen LogP contribution in [0.15, 0.2) is 30.6 Å². The van der Waals surface area contributed by atoms with Gasteiger partial charge in [-0.15, -0.1) is 0 Å². The van der Waals surface area contributed by atoms with Gasteiger partial charge in [-0.1, -0.05) is 11.6 Å². The Balaban J connectivity index is 1.92. The van der Waals surface area contributed by atoms with Gasteiger partial charge >= 0.3 is 19.1 Å². The second-order valence-corrected chi connectivity index (χ2v) is 5.37. The number of fused-ring (bicyclic) bond motifs is 1. The van der Waals surface area contributed by atoms with Crippen LogP contribution in [0.4, 0.5) is 0 Å². The van der Waals surface area contributed by atoms with Crippen molar-refractivity contribution >= 4 is 41.6 Å². The minimum absolute atomic E-state index is 0.0464. The van der Waals surface area contributed by atoms with E-state index < -0.39 is 19.1 Å². The topological polar surface area (TPSA) is 60.3 Å². The monoisotopic (exact) mass is 306 g/mol. The number of rotatable bonds is 1. The molecule has 0 atom stereocenters. The molecule has 0 saturated carbocycles. The van der Waals surface area contributed by atoms with Gasteiger partial charge in [0.25, 0.3) is 0 Å². The maximum absolute atomic E-state index is 11.7. The molecule has 1 saturated heterocycles. The molecule has 2 aromatic heterocycles. The van der Waals surface area contributed by atoms with Crippen molar-refractivity contribution in [2.24, 2.45) is 0 Å². The van der Waals surface area contributed by atoms with Crippen LogP contribution in [0.1, 0.15) is 0 Å². The van der Waals surface area contributed by atoms with Crippen molar-refractivity contribution in [1.29, 1.82) is 0 Å². The first-order valence-corrected chi connectivity index (χ1v) is 6.74. The number of likely N-dealkylation sites (N-methyl/N-ethyl adjacent to an activating group) is 1. The number of carbonyl (C=O) groups excluding carboxylic acids is 2. The number of aromatic nitrogens is 1. The van der Waals surface area contributed by atoms with Crippen molar-refractivity contribution < 1.29 is 18.9 Å². The summed E-state index contributed by atoms with van der Waals surface area (Å²) in [7, 11) is 0.620. The van der Waals surface area contributed by atoms with Crippen molar-refractivity contribution in [3.8, 4) is 0 Å². The Morgan fingerprint density at radius 1 is 1.19 bits per heavy atom. The Kier molecular flexibility index (Phi) is 3.61. The number of carbonyl (C=O) groups is 2. The smallest absolute Gasteiger partial charge is 0.494 e. The maximum Gasteiger partial charge on any atom is 0.638 e.